The Morgan fingerprint density at radius 1 is 1.29 bits per heavy atom. The van der Waals surface area contributed by atoms with Crippen molar-refractivity contribution in [3.63, 3.8) is 0 Å². The Balaban J connectivity index is 1.86. The first-order valence-electron chi connectivity index (χ1n) is 8.24. The molecule has 0 radical (unpaired) electrons. The number of hydrogen-bond acceptors (Lipinski definition) is 5. The molecular weight excluding hydrogens is 322 g/mol. The molecule has 2 rings (SSSR count). The molecule has 6 nitrogen and oxygen atoms in total. The molecule has 0 aliphatic heterocycles. The zero-order chi connectivity index (χ0) is 17.7. The van der Waals surface area contributed by atoms with Crippen LogP contribution < -0.4 is 10.6 Å². The van der Waals surface area contributed by atoms with Gasteiger partial charge in [0.25, 0.3) is 0 Å². The number of nitrogens with zero attached hydrogens (tertiary/aromatic N) is 3. The van der Waals surface area contributed by atoms with Gasteiger partial charge in [-0.05, 0) is 19.8 Å². The fourth-order valence-corrected chi connectivity index (χ4v) is 3.49. The van der Waals surface area contributed by atoms with Crippen LogP contribution >= 0.6 is 11.3 Å². The second-order valence-electron chi connectivity index (χ2n) is 6.27. The maximum absolute atomic E-state index is 5.25. The van der Waals surface area contributed by atoms with Crippen molar-refractivity contribution >= 4 is 17.3 Å². The smallest absolute Gasteiger partial charge is 0.191 e. The standard InChI is InChI=1S/C17H27N5OS/c1-10(2)14-9-24-15(21-14)8-20-17(18-6)19-7-11(3)16-12(4)22-23-13(16)5/h9-11H,7-8H2,1-6H3,(H2,18,19,20). The van der Waals surface area contributed by atoms with Gasteiger partial charge in [0.15, 0.2) is 5.96 Å². The molecule has 7 heteroatoms. The molecule has 2 aromatic heterocycles. The van der Waals surface area contributed by atoms with E-state index in [2.05, 4.69) is 51.9 Å². The van der Waals surface area contributed by atoms with E-state index in [0.29, 0.717) is 18.4 Å². The topological polar surface area (TPSA) is 75.3 Å². The Kier molecular flexibility index (Phi) is 6.36. The third kappa shape index (κ3) is 4.56. The van der Waals surface area contributed by atoms with E-state index in [1.54, 1.807) is 18.4 Å². The number of rotatable bonds is 6. The molecule has 1 atom stereocenters. The van der Waals surface area contributed by atoms with Crippen LogP contribution in [-0.2, 0) is 6.54 Å². The van der Waals surface area contributed by atoms with Gasteiger partial charge in [0.05, 0.1) is 17.9 Å². The highest BCUT2D eigenvalue weighted by molar-refractivity contribution is 7.09. The van der Waals surface area contributed by atoms with Crippen molar-refractivity contribution < 1.29 is 4.52 Å². The minimum Gasteiger partial charge on any atom is -0.361 e. The summed E-state index contributed by atoms with van der Waals surface area (Å²) >= 11 is 1.68. The van der Waals surface area contributed by atoms with E-state index >= 15 is 0 Å². The normalized spacial score (nSPS) is 13.4. The van der Waals surface area contributed by atoms with E-state index < -0.39 is 0 Å². The van der Waals surface area contributed by atoms with Crippen LogP contribution in [0.1, 0.15) is 60.3 Å². The van der Waals surface area contributed by atoms with Gasteiger partial charge in [0.1, 0.15) is 10.8 Å². The molecule has 0 fully saturated rings. The first-order chi connectivity index (χ1) is 11.4. The number of guanidine groups is 1. The van der Waals surface area contributed by atoms with E-state index in [0.717, 1.165) is 34.7 Å². The second-order valence-corrected chi connectivity index (χ2v) is 7.21. The zero-order valence-corrected chi connectivity index (χ0v) is 16.1. The summed E-state index contributed by atoms with van der Waals surface area (Å²) in [5.74, 6) is 2.41. The molecule has 0 aromatic carbocycles. The average molecular weight is 350 g/mol. The Hall–Kier alpha value is -1.89. The van der Waals surface area contributed by atoms with Gasteiger partial charge in [-0.25, -0.2) is 4.98 Å². The van der Waals surface area contributed by atoms with Gasteiger partial charge in [-0.15, -0.1) is 11.3 Å². The monoisotopic (exact) mass is 349 g/mol. The highest BCUT2D eigenvalue weighted by Crippen LogP contribution is 2.22. The highest BCUT2D eigenvalue weighted by atomic mass is 32.1. The molecule has 0 bridgehead atoms. The molecule has 0 amide bonds. The molecule has 0 saturated carbocycles. The third-order valence-corrected chi connectivity index (χ3v) is 4.82. The molecule has 0 aliphatic rings. The van der Waals surface area contributed by atoms with Crippen molar-refractivity contribution in [1.29, 1.82) is 0 Å². The summed E-state index contributed by atoms with van der Waals surface area (Å²) in [5.41, 5.74) is 3.26. The van der Waals surface area contributed by atoms with E-state index in [4.69, 9.17) is 4.52 Å². The van der Waals surface area contributed by atoms with Crippen LogP contribution in [-0.4, -0.2) is 29.7 Å². The maximum atomic E-state index is 5.25. The Morgan fingerprint density at radius 3 is 2.58 bits per heavy atom. The summed E-state index contributed by atoms with van der Waals surface area (Å²) in [6, 6.07) is 0. The molecule has 2 N–H and O–H groups in total. The number of thiazole rings is 1. The van der Waals surface area contributed by atoms with Gasteiger partial charge < -0.3 is 15.2 Å². The predicted octanol–water partition coefficient (Wildman–Crippen LogP) is 3.34. The first-order valence-corrected chi connectivity index (χ1v) is 9.11. The highest BCUT2D eigenvalue weighted by Gasteiger charge is 2.16. The number of aromatic nitrogens is 2. The predicted molar refractivity (Wildman–Crippen MR) is 98.8 cm³/mol. The first kappa shape index (κ1) is 18.4. The van der Waals surface area contributed by atoms with Crippen molar-refractivity contribution in [2.24, 2.45) is 4.99 Å². The number of aryl methyl sites for hydroxylation is 2. The molecule has 0 saturated heterocycles. The molecule has 0 aliphatic carbocycles. The fraction of sp³-hybridized carbons (Fsp3) is 0.588. The molecule has 132 valence electrons. The van der Waals surface area contributed by atoms with E-state index in [1.165, 1.54) is 5.56 Å². The lowest BCUT2D eigenvalue weighted by molar-refractivity contribution is 0.391. The molecule has 1 unspecified atom stereocenters. The lowest BCUT2D eigenvalue weighted by Gasteiger charge is -2.15. The third-order valence-electron chi connectivity index (χ3n) is 3.95. The van der Waals surface area contributed by atoms with Gasteiger partial charge in [-0.1, -0.05) is 25.9 Å². The molecular formula is C17H27N5OS. The van der Waals surface area contributed by atoms with Crippen LogP contribution in [0.25, 0.3) is 0 Å². The quantitative estimate of drug-likeness (QED) is 0.618. The molecule has 24 heavy (non-hydrogen) atoms. The van der Waals surface area contributed by atoms with Crippen molar-refractivity contribution in [3.05, 3.63) is 33.1 Å². The largest absolute Gasteiger partial charge is 0.361 e. The van der Waals surface area contributed by atoms with Gasteiger partial charge in [0.2, 0.25) is 0 Å². The molecule has 2 aromatic rings. The summed E-state index contributed by atoms with van der Waals surface area (Å²) in [7, 11) is 1.78. The minimum absolute atomic E-state index is 0.294. The van der Waals surface area contributed by atoms with Crippen molar-refractivity contribution in [2.45, 2.75) is 53.0 Å². The number of aliphatic imine (C=N–C) groups is 1. The minimum atomic E-state index is 0.294. The van der Waals surface area contributed by atoms with Gasteiger partial charge in [-0.2, -0.15) is 0 Å². The number of nitrogens with one attached hydrogen (secondary N) is 2. The van der Waals surface area contributed by atoms with Crippen LogP contribution in [0.4, 0.5) is 0 Å². The lowest BCUT2D eigenvalue weighted by atomic mass is 10.00. The van der Waals surface area contributed by atoms with Gasteiger partial charge >= 0.3 is 0 Å². The summed E-state index contributed by atoms with van der Waals surface area (Å²) in [5, 5.41) is 13.9. The zero-order valence-electron chi connectivity index (χ0n) is 15.3. The van der Waals surface area contributed by atoms with E-state index in [1.807, 2.05) is 13.8 Å². The number of hydrogen-bond donors (Lipinski definition) is 2. The van der Waals surface area contributed by atoms with Crippen molar-refractivity contribution in [3.8, 4) is 0 Å². The Bertz CT molecular complexity index is 669. The summed E-state index contributed by atoms with van der Waals surface area (Å²) in [4.78, 5) is 8.90. The van der Waals surface area contributed by atoms with Crippen LogP contribution in [0.15, 0.2) is 14.9 Å². The summed E-state index contributed by atoms with van der Waals surface area (Å²) in [6.07, 6.45) is 0. The summed E-state index contributed by atoms with van der Waals surface area (Å²) < 4.78 is 5.25. The fourth-order valence-electron chi connectivity index (χ4n) is 2.60. The van der Waals surface area contributed by atoms with Crippen LogP contribution in [0.2, 0.25) is 0 Å². The summed E-state index contributed by atoms with van der Waals surface area (Å²) in [6.45, 7) is 11.8. The second kappa shape index (κ2) is 8.28. The van der Waals surface area contributed by atoms with Crippen LogP contribution in [0.5, 0.6) is 0 Å². The Morgan fingerprint density at radius 2 is 2.04 bits per heavy atom. The van der Waals surface area contributed by atoms with Crippen LogP contribution in [0.3, 0.4) is 0 Å². The lowest BCUT2D eigenvalue weighted by Crippen LogP contribution is -2.38. The maximum Gasteiger partial charge on any atom is 0.191 e. The average Bonchev–Trinajstić information content (AvgIpc) is 3.14. The van der Waals surface area contributed by atoms with Crippen molar-refractivity contribution in [1.82, 2.24) is 20.8 Å². The van der Waals surface area contributed by atoms with Gasteiger partial charge in [-0.3, -0.25) is 4.99 Å². The molecule has 0 spiro atoms. The van der Waals surface area contributed by atoms with E-state index in [9.17, 15) is 0 Å². The molecule has 2 heterocycles. The van der Waals surface area contributed by atoms with Crippen molar-refractivity contribution in [2.75, 3.05) is 13.6 Å². The van der Waals surface area contributed by atoms with Gasteiger partial charge in [0, 0.05) is 30.5 Å². The van der Waals surface area contributed by atoms with Crippen LogP contribution in [0, 0.1) is 13.8 Å². The Labute approximate surface area is 147 Å². The SMILES string of the molecule is CN=C(NCc1nc(C(C)C)cs1)NCC(C)c1c(C)noc1C. The van der Waals surface area contributed by atoms with E-state index in [-0.39, 0.29) is 0 Å².